The van der Waals surface area contributed by atoms with Crippen molar-refractivity contribution in [2.45, 2.75) is 12.5 Å². The minimum absolute atomic E-state index is 0.236. The van der Waals surface area contributed by atoms with Crippen molar-refractivity contribution in [2.24, 2.45) is 5.10 Å². The van der Waals surface area contributed by atoms with Gasteiger partial charge in [-0.25, -0.2) is 4.39 Å². The quantitative estimate of drug-likeness (QED) is 0.503. The van der Waals surface area contributed by atoms with Gasteiger partial charge in [-0.3, -0.25) is 5.01 Å². The van der Waals surface area contributed by atoms with Crippen LogP contribution in [0.2, 0.25) is 10.0 Å². The van der Waals surface area contributed by atoms with E-state index in [-0.39, 0.29) is 11.9 Å². The Morgan fingerprint density at radius 2 is 1.65 bits per heavy atom. The SMILES string of the molecule is Fc1ccccc1[C@H]1CC(c2ccc(Cl)cc2)=NN1c1cccc(Cl)c1. The first-order valence-electron chi connectivity index (χ1n) is 8.24. The molecule has 3 aromatic rings. The molecule has 26 heavy (non-hydrogen) atoms. The molecule has 1 aliphatic rings. The van der Waals surface area contributed by atoms with E-state index in [4.69, 9.17) is 28.3 Å². The van der Waals surface area contributed by atoms with Gasteiger partial charge < -0.3 is 0 Å². The molecule has 1 heterocycles. The fraction of sp³-hybridized carbons (Fsp3) is 0.0952. The van der Waals surface area contributed by atoms with Gasteiger partial charge in [-0.15, -0.1) is 0 Å². The molecule has 1 atom stereocenters. The van der Waals surface area contributed by atoms with Crippen LogP contribution < -0.4 is 5.01 Å². The Bertz CT molecular complexity index is 970. The zero-order valence-electron chi connectivity index (χ0n) is 13.7. The van der Waals surface area contributed by atoms with Crippen LogP contribution in [0.4, 0.5) is 10.1 Å². The van der Waals surface area contributed by atoms with E-state index in [1.807, 2.05) is 59.6 Å². The van der Waals surface area contributed by atoms with Crippen molar-refractivity contribution < 1.29 is 4.39 Å². The summed E-state index contributed by atoms with van der Waals surface area (Å²) in [6.07, 6.45) is 0.592. The highest BCUT2D eigenvalue weighted by molar-refractivity contribution is 6.31. The first kappa shape index (κ1) is 17.1. The van der Waals surface area contributed by atoms with Crippen molar-refractivity contribution in [1.29, 1.82) is 0 Å². The van der Waals surface area contributed by atoms with Crippen LogP contribution in [0, 0.1) is 5.82 Å². The molecule has 1 aliphatic heterocycles. The molecule has 130 valence electrons. The van der Waals surface area contributed by atoms with E-state index >= 15 is 0 Å². The van der Waals surface area contributed by atoms with Crippen LogP contribution in [0.25, 0.3) is 0 Å². The number of rotatable bonds is 3. The lowest BCUT2D eigenvalue weighted by Crippen LogP contribution is -2.19. The molecule has 0 fully saturated rings. The van der Waals surface area contributed by atoms with Gasteiger partial charge in [0, 0.05) is 22.0 Å². The van der Waals surface area contributed by atoms with E-state index in [2.05, 4.69) is 0 Å². The first-order chi connectivity index (χ1) is 12.6. The van der Waals surface area contributed by atoms with Gasteiger partial charge in [0.2, 0.25) is 0 Å². The second kappa shape index (κ2) is 7.10. The van der Waals surface area contributed by atoms with E-state index in [9.17, 15) is 4.39 Å². The topological polar surface area (TPSA) is 15.6 Å². The molecule has 0 saturated heterocycles. The Hall–Kier alpha value is -2.36. The number of hydrogen-bond acceptors (Lipinski definition) is 2. The molecule has 0 saturated carbocycles. The van der Waals surface area contributed by atoms with Gasteiger partial charge in [0.1, 0.15) is 5.82 Å². The van der Waals surface area contributed by atoms with Gasteiger partial charge in [-0.05, 0) is 42.0 Å². The summed E-state index contributed by atoms with van der Waals surface area (Å²) < 4.78 is 14.5. The first-order valence-corrected chi connectivity index (χ1v) is 9.00. The van der Waals surface area contributed by atoms with E-state index in [1.165, 1.54) is 6.07 Å². The Morgan fingerprint density at radius 1 is 0.885 bits per heavy atom. The predicted molar refractivity (Wildman–Crippen MR) is 106 cm³/mol. The van der Waals surface area contributed by atoms with Gasteiger partial charge in [0.05, 0.1) is 17.4 Å². The molecule has 0 N–H and O–H groups in total. The molecule has 3 aromatic carbocycles. The Balaban J connectivity index is 1.78. The van der Waals surface area contributed by atoms with E-state index in [0.29, 0.717) is 22.0 Å². The van der Waals surface area contributed by atoms with Crippen molar-refractivity contribution in [3.63, 3.8) is 0 Å². The minimum Gasteiger partial charge on any atom is -0.257 e. The van der Waals surface area contributed by atoms with Gasteiger partial charge in [-0.1, -0.05) is 59.6 Å². The highest BCUT2D eigenvalue weighted by Gasteiger charge is 2.31. The number of hydrazone groups is 1. The summed E-state index contributed by atoms with van der Waals surface area (Å²) in [7, 11) is 0. The summed E-state index contributed by atoms with van der Waals surface area (Å²) in [4.78, 5) is 0. The van der Waals surface area contributed by atoms with Crippen LogP contribution >= 0.6 is 23.2 Å². The van der Waals surface area contributed by atoms with Gasteiger partial charge in [0.15, 0.2) is 0 Å². The van der Waals surface area contributed by atoms with Crippen LogP contribution in [0.3, 0.4) is 0 Å². The lowest BCUT2D eigenvalue weighted by Gasteiger charge is -2.24. The number of hydrogen-bond donors (Lipinski definition) is 0. The molecule has 0 radical (unpaired) electrons. The van der Waals surface area contributed by atoms with Crippen LogP contribution in [0.5, 0.6) is 0 Å². The molecule has 5 heteroatoms. The average molecular weight is 385 g/mol. The van der Waals surface area contributed by atoms with Gasteiger partial charge in [0.25, 0.3) is 0 Å². The third-order valence-electron chi connectivity index (χ3n) is 4.42. The van der Waals surface area contributed by atoms with E-state index in [1.54, 1.807) is 12.1 Å². The smallest absolute Gasteiger partial charge is 0.128 e. The van der Waals surface area contributed by atoms with Crippen molar-refractivity contribution in [1.82, 2.24) is 0 Å². The van der Waals surface area contributed by atoms with Crippen molar-refractivity contribution in [2.75, 3.05) is 5.01 Å². The highest BCUT2D eigenvalue weighted by Crippen LogP contribution is 2.38. The number of anilines is 1. The molecule has 0 amide bonds. The summed E-state index contributed by atoms with van der Waals surface area (Å²) in [5, 5.41) is 7.91. The minimum atomic E-state index is -0.239. The summed E-state index contributed by atoms with van der Waals surface area (Å²) in [5.74, 6) is -0.239. The number of benzene rings is 3. The van der Waals surface area contributed by atoms with Gasteiger partial charge >= 0.3 is 0 Å². The van der Waals surface area contributed by atoms with E-state index < -0.39 is 0 Å². The van der Waals surface area contributed by atoms with Crippen LogP contribution in [0.1, 0.15) is 23.6 Å². The van der Waals surface area contributed by atoms with E-state index in [0.717, 1.165) is 17.0 Å². The third-order valence-corrected chi connectivity index (χ3v) is 4.91. The maximum Gasteiger partial charge on any atom is 0.128 e. The second-order valence-electron chi connectivity index (χ2n) is 6.12. The summed E-state index contributed by atoms with van der Waals surface area (Å²) in [6.45, 7) is 0. The fourth-order valence-corrected chi connectivity index (χ4v) is 3.48. The standard InChI is InChI=1S/C21H15Cl2FN2/c22-15-10-8-14(9-11-15)20-13-21(18-6-1-2-7-19(18)24)26(25-20)17-5-3-4-16(23)12-17/h1-12,21H,13H2/t21-/m1/s1. The molecule has 0 aromatic heterocycles. The molecule has 2 nitrogen and oxygen atoms in total. The lowest BCUT2D eigenvalue weighted by atomic mass is 9.98. The Labute approximate surface area is 161 Å². The fourth-order valence-electron chi connectivity index (χ4n) is 3.17. The third kappa shape index (κ3) is 3.33. The lowest BCUT2D eigenvalue weighted by molar-refractivity contribution is 0.579. The molecule has 0 unspecified atom stereocenters. The number of halogens is 3. The maximum atomic E-state index is 14.5. The zero-order chi connectivity index (χ0) is 18.1. The molecule has 0 spiro atoms. The van der Waals surface area contributed by atoms with Crippen molar-refractivity contribution >= 4 is 34.6 Å². The Morgan fingerprint density at radius 3 is 2.38 bits per heavy atom. The molecule has 0 bridgehead atoms. The largest absolute Gasteiger partial charge is 0.257 e. The molecular formula is C21H15Cl2FN2. The highest BCUT2D eigenvalue weighted by atomic mass is 35.5. The van der Waals surface area contributed by atoms with Crippen LogP contribution in [-0.2, 0) is 0 Å². The normalized spacial score (nSPS) is 16.7. The summed E-state index contributed by atoms with van der Waals surface area (Å²) >= 11 is 12.1. The van der Waals surface area contributed by atoms with Crippen LogP contribution in [0.15, 0.2) is 77.9 Å². The molecule has 4 rings (SSSR count). The average Bonchev–Trinajstić information content (AvgIpc) is 3.08. The summed E-state index contributed by atoms with van der Waals surface area (Å²) in [6, 6.07) is 21.5. The zero-order valence-corrected chi connectivity index (χ0v) is 15.3. The maximum absolute atomic E-state index is 14.5. The Kier molecular flexibility index (Phi) is 4.66. The second-order valence-corrected chi connectivity index (χ2v) is 6.99. The van der Waals surface area contributed by atoms with Crippen molar-refractivity contribution in [3.8, 4) is 0 Å². The monoisotopic (exact) mass is 384 g/mol. The van der Waals surface area contributed by atoms with Crippen LogP contribution in [-0.4, -0.2) is 5.71 Å². The predicted octanol–water partition coefficient (Wildman–Crippen LogP) is 6.49. The molecular weight excluding hydrogens is 370 g/mol. The number of nitrogens with zero attached hydrogens (tertiary/aromatic N) is 2. The van der Waals surface area contributed by atoms with Crippen molar-refractivity contribution in [3.05, 3.63) is 99.8 Å². The van der Waals surface area contributed by atoms with Gasteiger partial charge in [-0.2, -0.15) is 5.10 Å². The molecule has 0 aliphatic carbocycles. The summed E-state index contributed by atoms with van der Waals surface area (Å²) in [5.41, 5.74) is 3.30.